The highest BCUT2D eigenvalue weighted by atomic mass is 16.5. The molecule has 1 aliphatic carbocycles. The first-order valence-corrected chi connectivity index (χ1v) is 9.87. The average molecular weight is 381 g/mol. The number of hydrogen-bond donors (Lipinski definition) is 2. The second kappa shape index (κ2) is 9.71. The second-order valence-corrected chi connectivity index (χ2v) is 7.69. The lowest BCUT2D eigenvalue weighted by molar-refractivity contribution is -0.152. The molecule has 1 saturated heterocycles. The van der Waals surface area contributed by atoms with Crippen molar-refractivity contribution in [1.82, 2.24) is 15.5 Å². The van der Waals surface area contributed by atoms with Crippen LogP contribution < -0.4 is 10.6 Å². The zero-order valence-electron chi connectivity index (χ0n) is 16.5. The molecule has 0 radical (unpaired) electrons. The SMILES string of the molecule is CCCNC(=O)NC(=O)COC(=O)[C@H]1CC(=O)N([C@@H]2CCC[C@H](C)[C@@H]2C)C1. The van der Waals surface area contributed by atoms with E-state index in [2.05, 4.69) is 24.5 Å². The zero-order valence-corrected chi connectivity index (χ0v) is 16.5. The molecule has 1 heterocycles. The largest absolute Gasteiger partial charge is 0.455 e. The quantitative estimate of drug-likeness (QED) is 0.678. The van der Waals surface area contributed by atoms with Gasteiger partial charge in [0, 0.05) is 25.6 Å². The van der Waals surface area contributed by atoms with Gasteiger partial charge < -0.3 is 15.0 Å². The van der Waals surface area contributed by atoms with Crippen LogP contribution in [0.15, 0.2) is 0 Å². The van der Waals surface area contributed by atoms with Crippen molar-refractivity contribution in [2.75, 3.05) is 19.7 Å². The minimum atomic E-state index is -0.687. The molecule has 0 aromatic heterocycles. The van der Waals surface area contributed by atoms with Gasteiger partial charge in [-0.25, -0.2) is 4.79 Å². The number of nitrogens with one attached hydrogen (secondary N) is 2. The van der Waals surface area contributed by atoms with E-state index in [0.29, 0.717) is 24.9 Å². The molecule has 2 rings (SSSR count). The first-order chi connectivity index (χ1) is 12.8. The van der Waals surface area contributed by atoms with Gasteiger partial charge in [-0.1, -0.05) is 33.6 Å². The van der Waals surface area contributed by atoms with Crippen molar-refractivity contribution in [2.24, 2.45) is 17.8 Å². The van der Waals surface area contributed by atoms with Gasteiger partial charge in [0.25, 0.3) is 5.91 Å². The van der Waals surface area contributed by atoms with Crippen LogP contribution in [-0.4, -0.2) is 54.5 Å². The van der Waals surface area contributed by atoms with Gasteiger partial charge in [0.05, 0.1) is 5.92 Å². The topological polar surface area (TPSA) is 105 Å². The van der Waals surface area contributed by atoms with Crippen molar-refractivity contribution in [3.05, 3.63) is 0 Å². The van der Waals surface area contributed by atoms with Gasteiger partial charge in [-0.15, -0.1) is 0 Å². The molecule has 0 spiro atoms. The van der Waals surface area contributed by atoms with Crippen molar-refractivity contribution in [2.45, 2.75) is 58.9 Å². The Hall–Kier alpha value is -2.12. The number of carbonyl (C=O) groups excluding carboxylic acids is 4. The Labute approximate surface area is 160 Å². The highest BCUT2D eigenvalue weighted by Gasteiger charge is 2.42. The van der Waals surface area contributed by atoms with Crippen molar-refractivity contribution in [3.8, 4) is 0 Å². The molecule has 2 aliphatic rings. The molecule has 0 aromatic rings. The Morgan fingerprint density at radius 2 is 1.96 bits per heavy atom. The summed E-state index contributed by atoms with van der Waals surface area (Å²) in [6, 6.07) is -0.440. The van der Waals surface area contributed by atoms with Crippen molar-refractivity contribution < 1.29 is 23.9 Å². The lowest BCUT2D eigenvalue weighted by Gasteiger charge is -2.39. The van der Waals surface area contributed by atoms with Crippen LogP contribution in [0.3, 0.4) is 0 Å². The fraction of sp³-hybridized carbons (Fsp3) is 0.789. The number of urea groups is 1. The summed E-state index contributed by atoms with van der Waals surface area (Å²) in [6.07, 6.45) is 4.10. The van der Waals surface area contributed by atoms with Crippen LogP contribution in [0.1, 0.15) is 52.9 Å². The van der Waals surface area contributed by atoms with E-state index >= 15 is 0 Å². The Balaban J connectivity index is 1.80. The lowest BCUT2D eigenvalue weighted by Crippen LogP contribution is -2.45. The minimum Gasteiger partial charge on any atom is -0.455 e. The maximum Gasteiger partial charge on any atom is 0.321 e. The molecule has 0 unspecified atom stereocenters. The summed E-state index contributed by atoms with van der Waals surface area (Å²) in [5.41, 5.74) is 0. The van der Waals surface area contributed by atoms with Crippen LogP contribution in [0.5, 0.6) is 0 Å². The summed E-state index contributed by atoms with van der Waals surface area (Å²) in [5.74, 6) is -0.857. The highest BCUT2D eigenvalue weighted by molar-refractivity contribution is 5.96. The first kappa shape index (κ1) is 21.2. The van der Waals surface area contributed by atoms with Crippen molar-refractivity contribution in [1.29, 1.82) is 0 Å². The fourth-order valence-corrected chi connectivity index (χ4v) is 3.90. The van der Waals surface area contributed by atoms with E-state index in [9.17, 15) is 19.2 Å². The normalized spacial score (nSPS) is 28.0. The molecular weight excluding hydrogens is 350 g/mol. The number of carbonyl (C=O) groups is 4. The molecule has 2 fully saturated rings. The Morgan fingerprint density at radius 1 is 1.22 bits per heavy atom. The predicted octanol–water partition coefficient (Wildman–Crippen LogP) is 1.44. The first-order valence-electron chi connectivity index (χ1n) is 9.87. The maximum absolute atomic E-state index is 12.4. The van der Waals surface area contributed by atoms with E-state index in [1.807, 2.05) is 11.8 Å². The Kier molecular flexibility index (Phi) is 7.62. The van der Waals surface area contributed by atoms with E-state index < -0.39 is 30.4 Å². The third kappa shape index (κ3) is 5.68. The van der Waals surface area contributed by atoms with Gasteiger partial charge in [0.15, 0.2) is 6.61 Å². The van der Waals surface area contributed by atoms with Gasteiger partial charge in [-0.05, 0) is 24.7 Å². The molecule has 1 aliphatic heterocycles. The number of likely N-dealkylation sites (tertiary alicyclic amines) is 1. The number of esters is 1. The standard InChI is InChI=1S/C19H31N3O5/c1-4-8-20-19(26)21-16(23)11-27-18(25)14-9-17(24)22(10-14)15-7-5-6-12(2)13(15)3/h12-15H,4-11H2,1-3H3,(H2,20,21,23,26)/t12-,13-,14-,15+/m0/s1. The molecule has 4 atom stereocenters. The number of ether oxygens (including phenoxy) is 1. The zero-order chi connectivity index (χ0) is 20.0. The molecule has 1 saturated carbocycles. The van der Waals surface area contributed by atoms with Crippen LogP contribution in [-0.2, 0) is 19.1 Å². The Bertz CT molecular complexity index is 580. The molecule has 4 amide bonds. The molecular formula is C19H31N3O5. The molecule has 0 aromatic carbocycles. The van der Waals surface area contributed by atoms with E-state index in [-0.39, 0.29) is 18.4 Å². The number of rotatable bonds is 6. The third-order valence-electron chi connectivity index (χ3n) is 5.69. The molecule has 152 valence electrons. The number of amides is 4. The van der Waals surface area contributed by atoms with E-state index in [1.54, 1.807) is 0 Å². The van der Waals surface area contributed by atoms with Crippen LogP contribution in [0.4, 0.5) is 4.79 Å². The summed E-state index contributed by atoms with van der Waals surface area (Å²) in [5, 5.41) is 4.60. The van der Waals surface area contributed by atoms with Gasteiger partial charge >= 0.3 is 12.0 Å². The summed E-state index contributed by atoms with van der Waals surface area (Å²) in [6.45, 7) is 6.54. The number of hydrogen-bond acceptors (Lipinski definition) is 5. The van der Waals surface area contributed by atoms with Gasteiger partial charge in [0.2, 0.25) is 5.91 Å². The molecule has 0 bridgehead atoms. The number of imide groups is 1. The van der Waals surface area contributed by atoms with Crippen molar-refractivity contribution in [3.63, 3.8) is 0 Å². The van der Waals surface area contributed by atoms with Gasteiger partial charge in [-0.3, -0.25) is 19.7 Å². The summed E-state index contributed by atoms with van der Waals surface area (Å²) in [7, 11) is 0. The van der Waals surface area contributed by atoms with Crippen LogP contribution >= 0.6 is 0 Å². The van der Waals surface area contributed by atoms with Gasteiger partial charge in [-0.2, -0.15) is 0 Å². The molecule has 2 N–H and O–H groups in total. The monoisotopic (exact) mass is 381 g/mol. The summed E-state index contributed by atoms with van der Waals surface area (Å²) < 4.78 is 5.02. The molecule has 8 heteroatoms. The minimum absolute atomic E-state index is 0.0219. The lowest BCUT2D eigenvalue weighted by atomic mass is 9.77. The van der Waals surface area contributed by atoms with Crippen molar-refractivity contribution >= 4 is 23.8 Å². The Morgan fingerprint density at radius 3 is 2.67 bits per heavy atom. The maximum atomic E-state index is 12.4. The predicted molar refractivity (Wildman–Crippen MR) is 98.6 cm³/mol. The summed E-state index contributed by atoms with van der Waals surface area (Å²) >= 11 is 0. The van der Waals surface area contributed by atoms with E-state index in [1.165, 1.54) is 6.42 Å². The highest BCUT2D eigenvalue weighted by Crippen LogP contribution is 2.35. The van der Waals surface area contributed by atoms with Crippen LogP contribution in [0, 0.1) is 17.8 Å². The smallest absolute Gasteiger partial charge is 0.321 e. The van der Waals surface area contributed by atoms with Crippen LogP contribution in [0.2, 0.25) is 0 Å². The molecule has 8 nitrogen and oxygen atoms in total. The van der Waals surface area contributed by atoms with Crippen LogP contribution in [0.25, 0.3) is 0 Å². The van der Waals surface area contributed by atoms with E-state index in [0.717, 1.165) is 19.3 Å². The molecule has 27 heavy (non-hydrogen) atoms. The third-order valence-corrected chi connectivity index (χ3v) is 5.69. The fourth-order valence-electron chi connectivity index (χ4n) is 3.90. The summed E-state index contributed by atoms with van der Waals surface area (Å²) in [4.78, 5) is 49.5. The average Bonchev–Trinajstić information content (AvgIpc) is 3.02. The number of nitrogens with zero attached hydrogens (tertiary/aromatic N) is 1. The second-order valence-electron chi connectivity index (χ2n) is 7.69. The van der Waals surface area contributed by atoms with E-state index in [4.69, 9.17) is 4.74 Å². The van der Waals surface area contributed by atoms with Gasteiger partial charge in [0.1, 0.15) is 0 Å².